The van der Waals surface area contributed by atoms with Gasteiger partial charge in [-0.25, -0.2) is 8.78 Å². The third-order valence-corrected chi connectivity index (χ3v) is 6.34. The Hall–Kier alpha value is -2.47. The first-order valence-electron chi connectivity index (χ1n) is 9.70. The third-order valence-electron chi connectivity index (χ3n) is 6.03. The fourth-order valence-electron chi connectivity index (χ4n) is 4.17. The van der Waals surface area contributed by atoms with Crippen LogP contribution in [0.25, 0.3) is 0 Å². The molecule has 1 saturated carbocycles. The van der Waals surface area contributed by atoms with Gasteiger partial charge >= 0.3 is 0 Å². The van der Waals surface area contributed by atoms with E-state index in [0.717, 1.165) is 30.9 Å². The highest BCUT2D eigenvalue weighted by atomic mass is 35.5. The maximum Gasteiger partial charge on any atom is 0.255 e. The fourth-order valence-corrected chi connectivity index (χ4v) is 4.42. The first kappa shape index (κ1) is 19.8. The lowest BCUT2D eigenvalue weighted by atomic mass is 9.63. The van der Waals surface area contributed by atoms with Crippen molar-refractivity contribution >= 4 is 23.4 Å². The minimum Gasteiger partial charge on any atom is -0.338 e. The van der Waals surface area contributed by atoms with E-state index in [-0.39, 0.29) is 28.2 Å². The molecule has 2 aromatic rings. The van der Waals surface area contributed by atoms with Crippen molar-refractivity contribution < 1.29 is 18.4 Å². The van der Waals surface area contributed by atoms with Gasteiger partial charge in [0, 0.05) is 26.2 Å². The molecule has 29 heavy (non-hydrogen) atoms. The second kappa shape index (κ2) is 7.75. The average Bonchev–Trinajstić information content (AvgIpc) is 2.68. The molecule has 0 radical (unpaired) electrons. The number of rotatable bonds is 3. The lowest BCUT2D eigenvalue weighted by Gasteiger charge is -2.46. The molecule has 7 heteroatoms. The summed E-state index contributed by atoms with van der Waals surface area (Å²) in [4.78, 5) is 29.4. The van der Waals surface area contributed by atoms with Gasteiger partial charge in [0.05, 0.1) is 16.0 Å². The van der Waals surface area contributed by atoms with Gasteiger partial charge < -0.3 is 9.80 Å². The Morgan fingerprint density at radius 2 is 1.45 bits per heavy atom. The summed E-state index contributed by atoms with van der Waals surface area (Å²) < 4.78 is 26.5. The molecule has 1 heterocycles. The standard InChI is InChI=1S/C22H21ClF2N2O2/c23-19-14-17(25)6-7-18(19)20(28)26-10-12-27(13-11-26)21(29)22(8-1-9-22)15-2-4-16(24)5-3-15/h2-7,14H,1,8-13H2. The number of amides is 2. The van der Waals surface area contributed by atoms with Gasteiger partial charge in [-0.3, -0.25) is 9.59 Å². The number of hydrogen-bond acceptors (Lipinski definition) is 2. The van der Waals surface area contributed by atoms with Crippen molar-refractivity contribution in [2.24, 2.45) is 0 Å². The van der Waals surface area contributed by atoms with E-state index in [0.29, 0.717) is 26.2 Å². The van der Waals surface area contributed by atoms with Crippen molar-refractivity contribution in [2.75, 3.05) is 26.2 Å². The van der Waals surface area contributed by atoms with Crippen LogP contribution in [-0.2, 0) is 10.2 Å². The van der Waals surface area contributed by atoms with Gasteiger partial charge in [0.1, 0.15) is 11.6 Å². The average molecular weight is 419 g/mol. The zero-order valence-electron chi connectivity index (χ0n) is 15.8. The highest BCUT2D eigenvalue weighted by molar-refractivity contribution is 6.33. The molecule has 4 nitrogen and oxygen atoms in total. The molecule has 0 aromatic heterocycles. The number of piperazine rings is 1. The zero-order valence-corrected chi connectivity index (χ0v) is 16.6. The summed E-state index contributed by atoms with van der Waals surface area (Å²) in [5.41, 5.74) is 0.529. The van der Waals surface area contributed by atoms with E-state index in [1.54, 1.807) is 21.9 Å². The van der Waals surface area contributed by atoms with Gasteiger partial charge in [-0.05, 0) is 48.7 Å². The molecule has 152 valence electrons. The SMILES string of the molecule is O=C(c1ccc(F)cc1Cl)N1CCN(C(=O)C2(c3ccc(F)cc3)CCC2)CC1. The van der Waals surface area contributed by atoms with Crippen molar-refractivity contribution in [1.29, 1.82) is 0 Å². The summed E-state index contributed by atoms with van der Waals surface area (Å²) in [6.45, 7) is 1.62. The van der Waals surface area contributed by atoms with Gasteiger partial charge in [-0.2, -0.15) is 0 Å². The Kier molecular flexibility index (Phi) is 5.30. The summed E-state index contributed by atoms with van der Waals surface area (Å²) >= 11 is 6.01. The largest absolute Gasteiger partial charge is 0.338 e. The fraction of sp³-hybridized carbons (Fsp3) is 0.364. The Labute approximate surface area is 173 Å². The summed E-state index contributed by atoms with van der Waals surface area (Å²) in [7, 11) is 0. The molecular weight excluding hydrogens is 398 g/mol. The Balaban J connectivity index is 1.44. The van der Waals surface area contributed by atoms with E-state index >= 15 is 0 Å². The van der Waals surface area contributed by atoms with Crippen LogP contribution < -0.4 is 0 Å². The molecule has 1 saturated heterocycles. The summed E-state index contributed by atoms with van der Waals surface area (Å²) in [5, 5.41) is 0.0817. The third kappa shape index (κ3) is 3.62. The number of benzene rings is 2. The molecule has 0 atom stereocenters. The lowest BCUT2D eigenvalue weighted by molar-refractivity contribution is -0.142. The first-order valence-corrected chi connectivity index (χ1v) is 10.1. The second-order valence-electron chi connectivity index (χ2n) is 7.65. The van der Waals surface area contributed by atoms with E-state index < -0.39 is 11.2 Å². The molecule has 2 fully saturated rings. The highest BCUT2D eigenvalue weighted by Gasteiger charge is 2.48. The van der Waals surface area contributed by atoms with E-state index in [1.807, 2.05) is 0 Å². The van der Waals surface area contributed by atoms with Gasteiger partial charge in [0.2, 0.25) is 5.91 Å². The summed E-state index contributed by atoms with van der Waals surface area (Å²) in [5.74, 6) is -1.03. The van der Waals surface area contributed by atoms with Crippen LogP contribution in [0, 0.1) is 11.6 Å². The minimum absolute atomic E-state index is 0.0438. The van der Waals surface area contributed by atoms with Crippen LogP contribution in [0.2, 0.25) is 5.02 Å². The van der Waals surface area contributed by atoms with Crippen LogP contribution in [0.5, 0.6) is 0 Å². The molecule has 0 bridgehead atoms. The van der Waals surface area contributed by atoms with Crippen molar-refractivity contribution in [3.8, 4) is 0 Å². The number of carbonyl (C=O) groups is 2. The normalized spacial score (nSPS) is 18.3. The van der Waals surface area contributed by atoms with Crippen LogP contribution in [-0.4, -0.2) is 47.8 Å². The molecular formula is C22H21ClF2N2O2. The van der Waals surface area contributed by atoms with E-state index in [4.69, 9.17) is 11.6 Å². The molecule has 1 aliphatic carbocycles. The van der Waals surface area contributed by atoms with Crippen LogP contribution in [0.1, 0.15) is 35.2 Å². The Bertz CT molecular complexity index is 936. The van der Waals surface area contributed by atoms with Gasteiger partial charge in [0.15, 0.2) is 0 Å². The van der Waals surface area contributed by atoms with Crippen LogP contribution >= 0.6 is 11.6 Å². The molecule has 2 amide bonds. The van der Waals surface area contributed by atoms with E-state index in [1.165, 1.54) is 24.3 Å². The zero-order chi connectivity index (χ0) is 20.6. The van der Waals surface area contributed by atoms with Crippen LogP contribution in [0.15, 0.2) is 42.5 Å². The molecule has 0 N–H and O–H groups in total. The Morgan fingerprint density at radius 1 is 0.862 bits per heavy atom. The quantitative estimate of drug-likeness (QED) is 0.755. The van der Waals surface area contributed by atoms with Crippen molar-refractivity contribution in [3.05, 3.63) is 70.2 Å². The summed E-state index contributed by atoms with van der Waals surface area (Å²) in [6.07, 6.45) is 2.47. The molecule has 0 unspecified atom stereocenters. The van der Waals surface area contributed by atoms with Gasteiger partial charge in [-0.15, -0.1) is 0 Å². The highest BCUT2D eigenvalue weighted by Crippen LogP contribution is 2.45. The topological polar surface area (TPSA) is 40.6 Å². The van der Waals surface area contributed by atoms with Gasteiger partial charge in [-0.1, -0.05) is 30.2 Å². The van der Waals surface area contributed by atoms with Crippen molar-refractivity contribution in [2.45, 2.75) is 24.7 Å². The first-order chi connectivity index (χ1) is 13.9. The minimum atomic E-state index is -0.583. The maximum absolute atomic E-state index is 13.3. The predicted octanol–water partition coefficient (Wildman–Crippen LogP) is 4.02. The smallest absolute Gasteiger partial charge is 0.255 e. The number of carbonyl (C=O) groups excluding carboxylic acids is 2. The monoisotopic (exact) mass is 418 g/mol. The molecule has 2 aliphatic rings. The van der Waals surface area contributed by atoms with Crippen molar-refractivity contribution in [3.63, 3.8) is 0 Å². The van der Waals surface area contributed by atoms with E-state index in [9.17, 15) is 18.4 Å². The maximum atomic E-state index is 13.3. The predicted molar refractivity (Wildman–Crippen MR) is 106 cm³/mol. The molecule has 2 aromatic carbocycles. The lowest BCUT2D eigenvalue weighted by Crippen LogP contribution is -2.57. The summed E-state index contributed by atoms with van der Waals surface area (Å²) in [6, 6.07) is 9.90. The second-order valence-corrected chi connectivity index (χ2v) is 8.06. The molecule has 0 spiro atoms. The molecule has 1 aliphatic heterocycles. The number of nitrogens with zero attached hydrogens (tertiary/aromatic N) is 2. The number of hydrogen-bond donors (Lipinski definition) is 0. The van der Waals surface area contributed by atoms with Crippen LogP contribution in [0.3, 0.4) is 0 Å². The Morgan fingerprint density at radius 3 is 2.00 bits per heavy atom. The van der Waals surface area contributed by atoms with Crippen LogP contribution in [0.4, 0.5) is 8.78 Å². The molecule has 4 rings (SSSR count). The number of halogens is 3. The van der Waals surface area contributed by atoms with Gasteiger partial charge in [0.25, 0.3) is 5.91 Å². The van der Waals surface area contributed by atoms with Crippen molar-refractivity contribution in [1.82, 2.24) is 9.80 Å². The van der Waals surface area contributed by atoms with E-state index in [2.05, 4.69) is 0 Å².